The van der Waals surface area contributed by atoms with Crippen LogP contribution in [-0.2, 0) is 4.79 Å². The van der Waals surface area contributed by atoms with Gasteiger partial charge in [-0.1, -0.05) is 36.9 Å². The summed E-state index contributed by atoms with van der Waals surface area (Å²) in [6.45, 7) is 5.08. The first-order valence-corrected chi connectivity index (χ1v) is 9.60. The van der Waals surface area contributed by atoms with Crippen molar-refractivity contribution in [3.8, 4) is 0 Å². The lowest BCUT2D eigenvalue weighted by Crippen LogP contribution is -2.18. The molecule has 3 N–H and O–H groups in total. The molecule has 134 valence electrons. The standard InChI is InChI=1S/C16H21N5O2S2/c1-10(2)8-18-15-20-21-16(25-15)24-9-13(22)19-12-6-4-11(5-7-12)14(23)17-3/h4-7,10H,8-9H2,1-3H3,(H,17,23)(H,18,20)(H,19,22). The number of anilines is 2. The fourth-order valence-electron chi connectivity index (χ4n) is 1.80. The number of hydrogen-bond donors (Lipinski definition) is 3. The lowest BCUT2D eigenvalue weighted by molar-refractivity contribution is -0.113. The van der Waals surface area contributed by atoms with E-state index in [-0.39, 0.29) is 17.6 Å². The summed E-state index contributed by atoms with van der Waals surface area (Å²) in [5, 5.41) is 17.4. The largest absolute Gasteiger partial charge is 0.360 e. The first-order valence-electron chi connectivity index (χ1n) is 7.80. The maximum absolute atomic E-state index is 12.0. The number of carbonyl (C=O) groups is 2. The summed E-state index contributed by atoms with van der Waals surface area (Å²) in [7, 11) is 1.58. The third kappa shape index (κ3) is 6.35. The number of amides is 2. The number of nitrogens with one attached hydrogen (secondary N) is 3. The molecule has 2 amide bonds. The molecule has 0 spiro atoms. The fourth-order valence-corrected chi connectivity index (χ4v) is 3.36. The topological polar surface area (TPSA) is 96.0 Å². The van der Waals surface area contributed by atoms with Gasteiger partial charge in [0.2, 0.25) is 11.0 Å². The minimum absolute atomic E-state index is 0.135. The number of thioether (sulfide) groups is 1. The van der Waals surface area contributed by atoms with Crippen molar-refractivity contribution in [2.75, 3.05) is 30.0 Å². The highest BCUT2D eigenvalue weighted by atomic mass is 32.2. The summed E-state index contributed by atoms with van der Waals surface area (Å²) < 4.78 is 0.747. The summed E-state index contributed by atoms with van der Waals surface area (Å²) in [5.41, 5.74) is 1.19. The molecule has 1 aromatic heterocycles. The van der Waals surface area contributed by atoms with Gasteiger partial charge >= 0.3 is 0 Å². The number of carbonyl (C=O) groups excluding carboxylic acids is 2. The van der Waals surface area contributed by atoms with Gasteiger partial charge in [0, 0.05) is 24.8 Å². The predicted octanol–water partition coefficient (Wildman–Crippen LogP) is 2.70. The Kier molecular flexibility index (Phi) is 7.20. The normalized spacial score (nSPS) is 10.6. The molecule has 9 heteroatoms. The van der Waals surface area contributed by atoms with E-state index in [4.69, 9.17) is 0 Å². The molecule has 0 fully saturated rings. The highest BCUT2D eigenvalue weighted by Gasteiger charge is 2.09. The minimum Gasteiger partial charge on any atom is -0.360 e. The zero-order chi connectivity index (χ0) is 18.2. The van der Waals surface area contributed by atoms with Gasteiger partial charge in [-0.25, -0.2) is 0 Å². The first-order chi connectivity index (χ1) is 12.0. The highest BCUT2D eigenvalue weighted by Crippen LogP contribution is 2.25. The van der Waals surface area contributed by atoms with Crippen LogP contribution in [0.1, 0.15) is 24.2 Å². The molecule has 25 heavy (non-hydrogen) atoms. The number of aromatic nitrogens is 2. The molecule has 0 saturated heterocycles. The van der Waals surface area contributed by atoms with Gasteiger partial charge in [0.1, 0.15) is 0 Å². The number of nitrogens with zero attached hydrogens (tertiary/aromatic N) is 2. The zero-order valence-electron chi connectivity index (χ0n) is 14.3. The number of rotatable bonds is 8. The van der Waals surface area contributed by atoms with E-state index >= 15 is 0 Å². The van der Waals surface area contributed by atoms with Gasteiger partial charge in [0.25, 0.3) is 5.91 Å². The third-order valence-corrected chi connectivity index (χ3v) is 5.07. The van der Waals surface area contributed by atoms with E-state index in [1.165, 1.54) is 23.1 Å². The summed E-state index contributed by atoms with van der Waals surface area (Å²) in [6.07, 6.45) is 0. The smallest absolute Gasteiger partial charge is 0.251 e. The van der Waals surface area contributed by atoms with E-state index in [2.05, 4.69) is 40.0 Å². The van der Waals surface area contributed by atoms with Crippen LogP contribution < -0.4 is 16.0 Å². The van der Waals surface area contributed by atoms with Gasteiger partial charge in [-0.2, -0.15) is 0 Å². The lowest BCUT2D eigenvalue weighted by Gasteiger charge is -2.05. The SMILES string of the molecule is CNC(=O)c1ccc(NC(=O)CSc2nnc(NCC(C)C)s2)cc1. The molecule has 0 aliphatic carbocycles. The van der Waals surface area contributed by atoms with Gasteiger partial charge in [-0.3, -0.25) is 9.59 Å². The Labute approximate surface area is 155 Å². The van der Waals surface area contributed by atoms with Crippen LogP contribution in [0, 0.1) is 5.92 Å². The monoisotopic (exact) mass is 379 g/mol. The quantitative estimate of drug-likeness (QED) is 0.610. The second-order valence-corrected chi connectivity index (χ2v) is 7.84. The van der Waals surface area contributed by atoms with Crippen LogP contribution >= 0.6 is 23.1 Å². The van der Waals surface area contributed by atoms with Crippen molar-refractivity contribution in [2.45, 2.75) is 18.2 Å². The van der Waals surface area contributed by atoms with Crippen LogP contribution in [-0.4, -0.2) is 41.4 Å². The van der Waals surface area contributed by atoms with Crippen molar-refractivity contribution in [1.29, 1.82) is 0 Å². The number of hydrogen-bond acceptors (Lipinski definition) is 7. The van der Waals surface area contributed by atoms with Crippen molar-refractivity contribution in [3.05, 3.63) is 29.8 Å². The first kappa shape index (κ1) is 19.2. The maximum atomic E-state index is 12.0. The Balaban J connectivity index is 1.79. The van der Waals surface area contributed by atoms with Crippen molar-refractivity contribution < 1.29 is 9.59 Å². The molecule has 7 nitrogen and oxygen atoms in total. The third-order valence-electron chi connectivity index (χ3n) is 3.05. The molecule has 2 aromatic rings. The Bertz CT molecular complexity index is 716. The van der Waals surface area contributed by atoms with E-state index < -0.39 is 0 Å². The van der Waals surface area contributed by atoms with Gasteiger partial charge in [-0.15, -0.1) is 10.2 Å². The molecule has 0 radical (unpaired) electrons. The van der Waals surface area contributed by atoms with Crippen molar-refractivity contribution in [3.63, 3.8) is 0 Å². The van der Waals surface area contributed by atoms with Gasteiger partial charge < -0.3 is 16.0 Å². The lowest BCUT2D eigenvalue weighted by atomic mass is 10.2. The molecule has 0 saturated carbocycles. The van der Waals surface area contributed by atoms with Crippen LogP contribution in [0.15, 0.2) is 28.6 Å². The molecule has 0 aliphatic rings. The van der Waals surface area contributed by atoms with Gasteiger partial charge in [-0.05, 0) is 30.2 Å². The second-order valence-electron chi connectivity index (χ2n) is 5.64. The number of benzene rings is 1. The fraction of sp³-hybridized carbons (Fsp3) is 0.375. The average Bonchev–Trinajstić information content (AvgIpc) is 3.06. The molecule has 2 rings (SSSR count). The Morgan fingerprint density at radius 3 is 2.56 bits per heavy atom. The van der Waals surface area contributed by atoms with Crippen LogP contribution in [0.4, 0.5) is 10.8 Å². The van der Waals surface area contributed by atoms with Crippen molar-refractivity contribution in [2.24, 2.45) is 5.92 Å². The summed E-state index contributed by atoms with van der Waals surface area (Å²) in [4.78, 5) is 23.5. The Morgan fingerprint density at radius 2 is 1.92 bits per heavy atom. The molecule has 1 heterocycles. The van der Waals surface area contributed by atoms with Crippen LogP contribution in [0.25, 0.3) is 0 Å². The minimum atomic E-state index is -0.161. The van der Waals surface area contributed by atoms with Gasteiger partial charge in [0.05, 0.1) is 5.75 Å². The molecular formula is C16H21N5O2S2. The van der Waals surface area contributed by atoms with E-state index in [0.717, 1.165) is 16.0 Å². The average molecular weight is 380 g/mol. The zero-order valence-corrected chi connectivity index (χ0v) is 16.0. The Hall–Kier alpha value is -2.13. The summed E-state index contributed by atoms with van der Waals surface area (Å²) in [6, 6.07) is 6.73. The highest BCUT2D eigenvalue weighted by molar-refractivity contribution is 8.01. The predicted molar refractivity (Wildman–Crippen MR) is 102 cm³/mol. The van der Waals surface area contributed by atoms with Gasteiger partial charge in [0.15, 0.2) is 4.34 Å². The summed E-state index contributed by atoms with van der Waals surface area (Å²) in [5.74, 6) is 0.479. The second kappa shape index (κ2) is 9.38. The van der Waals surface area contributed by atoms with Crippen LogP contribution in [0.5, 0.6) is 0 Å². The van der Waals surface area contributed by atoms with E-state index in [1.807, 2.05) is 0 Å². The van der Waals surface area contributed by atoms with Crippen LogP contribution in [0.2, 0.25) is 0 Å². The summed E-state index contributed by atoms with van der Waals surface area (Å²) >= 11 is 2.78. The van der Waals surface area contributed by atoms with E-state index in [1.54, 1.807) is 31.3 Å². The van der Waals surface area contributed by atoms with Crippen molar-refractivity contribution in [1.82, 2.24) is 15.5 Å². The van der Waals surface area contributed by atoms with Crippen LogP contribution in [0.3, 0.4) is 0 Å². The molecule has 0 atom stereocenters. The molecule has 0 aliphatic heterocycles. The van der Waals surface area contributed by atoms with E-state index in [9.17, 15) is 9.59 Å². The molecule has 0 unspecified atom stereocenters. The van der Waals surface area contributed by atoms with Crippen molar-refractivity contribution >= 4 is 45.7 Å². The molecule has 1 aromatic carbocycles. The Morgan fingerprint density at radius 1 is 1.20 bits per heavy atom. The maximum Gasteiger partial charge on any atom is 0.251 e. The van der Waals surface area contributed by atoms with E-state index in [0.29, 0.717) is 17.2 Å². The molecular weight excluding hydrogens is 358 g/mol. The molecule has 0 bridgehead atoms.